The van der Waals surface area contributed by atoms with E-state index < -0.39 is 0 Å². The van der Waals surface area contributed by atoms with Crippen molar-refractivity contribution in [3.8, 4) is 0 Å². The zero-order chi connectivity index (χ0) is 22.5. The van der Waals surface area contributed by atoms with Gasteiger partial charge in [-0.15, -0.1) is 0 Å². The molecule has 0 aromatic heterocycles. The summed E-state index contributed by atoms with van der Waals surface area (Å²) in [7, 11) is 0. The Hall–Kier alpha value is -2.64. The predicted octanol–water partition coefficient (Wildman–Crippen LogP) is 4.08. The molecular formula is C23H27ClN4O2S. The normalized spacial score (nSPS) is 13.8. The first-order valence-electron chi connectivity index (χ1n) is 10.3. The maximum absolute atomic E-state index is 12.4. The number of piperazine rings is 1. The van der Waals surface area contributed by atoms with Crippen LogP contribution in [0.4, 0.5) is 11.4 Å². The highest BCUT2D eigenvalue weighted by atomic mass is 35.5. The molecule has 0 unspecified atom stereocenters. The van der Waals surface area contributed by atoms with Gasteiger partial charge in [-0.2, -0.15) is 0 Å². The Morgan fingerprint density at radius 3 is 2.26 bits per heavy atom. The maximum atomic E-state index is 12.4. The van der Waals surface area contributed by atoms with E-state index in [0.29, 0.717) is 10.6 Å². The summed E-state index contributed by atoms with van der Waals surface area (Å²) < 4.78 is 0. The Labute approximate surface area is 193 Å². The number of rotatable bonds is 4. The van der Waals surface area contributed by atoms with Crippen LogP contribution in [0.2, 0.25) is 5.02 Å². The van der Waals surface area contributed by atoms with Crippen molar-refractivity contribution in [3.63, 3.8) is 0 Å². The van der Waals surface area contributed by atoms with Gasteiger partial charge in [-0.05, 0) is 61.1 Å². The third kappa shape index (κ3) is 5.95. The fourth-order valence-electron chi connectivity index (χ4n) is 3.38. The molecule has 0 bridgehead atoms. The largest absolute Gasteiger partial charge is 0.368 e. The second-order valence-corrected chi connectivity index (χ2v) is 8.70. The van der Waals surface area contributed by atoms with E-state index in [4.69, 9.17) is 23.8 Å². The number of aryl methyl sites for hydroxylation is 1. The lowest BCUT2D eigenvalue weighted by molar-refractivity contribution is -0.134. The van der Waals surface area contributed by atoms with E-state index in [1.54, 1.807) is 18.2 Å². The molecule has 3 rings (SSSR count). The van der Waals surface area contributed by atoms with Gasteiger partial charge in [0, 0.05) is 54.1 Å². The van der Waals surface area contributed by atoms with Crippen LogP contribution in [0.1, 0.15) is 29.8 Å². The SMILES string of the molecule is Cc1ccc(C(=O)NC(=S)Nc2ccc(N3CCN(C(=O)C(C)C)CC3)cc2)cc1Cl. The number of thiocarbonyl (C=S) groups is 1. The fraction of sp³-hybridized carbons (Fsp3) is 0.348. The first-order valence-corrected chi connectivity index (χ1v) is 11.1. The van der Waals surface area contributed by atoms with Gasteiger partial charge in [0.15, 0.2) is 5.11 Å². The number of carbonyl (C=O) groups excluding carboxylic acids is 2. The molecule has 0 radical (unpaired) electrons. The summed E-state index contributed by atoms with van der Waals surface area (Å²) in [5.41, 5.74) is 3.23. The van der Waals surface area contributed by atoms with Crippen LogP contribution in [-0.2, 0) is 4.79 Å². The average Bonchev–Trinajstić information content (AvgIpc) is 2.75. The van der Waals surface area contributed by atoms with Crippen LogP contribution in [0.15, 0.2) is 42.5 Å². The van der Waals surface area contributed by atoms with E-state index in [1.807, 2.05) is 49.9 Å². The average molecular weight is 459 g/mol. The molecule has 1 aliphatic rings. The maximum Gasteiger partial charge on any atom is 0.257 e. The number of anilines is 2. The van der Waals surface area contributed by atoms with Crippen molar-refractivity contribution in [3.05, 3.63) is 58.6 Å². The van der Waals surface area contributed by atoms with Gasteiger partial charge in [0.1, 0.15) is 0 Å². The first kappa shape index (κ1) is 23.0. The summed E-state index contributed by atoms with van der Waals surface area (Å²) in [5.74, 6) is -0.0725. The van der Waals surface area contributed by atoms with Crippen LogP contribution in [-0.4, -0.2) is 48.0 Å². The van der Waals surface area contributed by atoms with Crippen LogP contribution in [0, 0.1) is 12.8 Å². The fourth-order valence-corrected chi connectivity index (χ4v) is 3.77. The standard InChI is InChI=1S/C23H27ClN4O2S/c1-15(2)22(30)28-12-10-27(11-13-28)19-8-6-18(7-9-19)25-23(31)26-21(29)17-5-4-16(3)20(24)14-17/h4-9,14-15H,10-13H2,1-3H3,(H2,25,26,29,31). The Bertz CT molecular complexity index is 970. The molecule has 1 saturated heterocycles. The van der Waals surface area contributed by atoms with Crippen molar-refractivity contribution in [2.24, 2.45) is 5.92 Å². The smallest absolute Gasteiger partial charge is 0.257 e. The summed E-state index contributed by atoms with van der Waals surface area (Å²) in [5, 5.41) is 6.45. The van der Waals surface area contributed by atoms with Gasteiger partial charge >= 0.3 is 0 Å². The summed E-state index contributed by atoms with van der Waals surface area (Å²) >= 11 is 11.4. The van der Waals surface area contributed by atoms with Gasteiger partial charge in [-0.1, -0.05) is 31.5 Å². The summed E-state index contributed by atoms with van der Waals surface area (Å²) in [4.78, 5) is 28.7. The van der Waals surface area contributed by atoms with E-state index in [-0.39, 0.29) is 22.8 Å². The van der Waals surface area contributed by atoms with Gasteiger partial charge in [0.2, 0.25) is 5.91 Å². The quantitative estimate of drug-likeness (QED) is 0.676. The zero-order valence-electron chi connectivity index (χ0n) is 17.9. The van der Waals surface area contributed by atoms with Crippen molar-refractivity contribution in [2.75, 3.05) is 36.4 Å². The molecular weight excluding hydrogens is 432 g/mol. The number of benzene rings is 2. The zero-order valence-corrected chi connectivity index (χ0v) is 19.5. The van der Waals surface area contributed by atoms with Crippen molar-refractivity contribution in [2.45, 2.75) is 20.8 Å². The molecule has 2 amide bonds. The van der Waals surface area contributed by atoms with Crippen LogP contribution >= 0.6 is 23.8 Å². The highest BCUT2D eigenvalue weighted by Crippen LogP contribution is 2.20. The number of carbonyl (C=O) groups is 2. The second-order valence-electron chi connectivity index (χ2n) is 7.89. The molecule has 0 atom stereocenters. The molecule has 8 heteroatoms. The molecule has 1 fully saturated rings. The van der Waals surface area contributed by atoms with Crippen molar-refractivity contribution >= 4 is 52.1 Å². The Morgan fingerprint density at radius 2 is 1.68 bits per heavy atom. The van der Waals surface area contributed by atoms with Crippen molar-refractivity contribution in [1.29, 1.82) is 0 Å². The minimum Gasteiger partial charge on any atom is -0.368 e. The number of nitrogens with zero attached hydrogens (tertiary/aromatic N) is 2. The second kappa shape index (κ2) is 10.1. The summed E-state index contributed by atoms with van der Waals surface area (Å²) in [6.45, 7) is 8.82. The molecule has 2 N–H and O–H groups in total. The van der Waals surface area contributed by atoms with Crippen LogP contribution < -0.4 is 15.5 Å². The molecule has 31 heavy (non-hydrogen) atoms. The number of hydrogen-bond donors (Lipinski definition) is 2. The molecule has 1 aliphatic heterocycles. The van der Waals surface area contributed by atoms with E-state index in [9.17, 15) is 9.59 Å². The Balaban J connectivity index is 1.52. The number of amides is 2. The van der Waals surface area contributed by atoms with Crippen molar-refractivity contribution in [1.82, 2.24) is 10.2 Å². The predicted molar refractivity (Wildman–Crippen MR) is 130 cm³/mol. The molecule has 0 spiro atoms. The van der Waals surface area contributed by atoms with E-state index >= 15 is 0 Å². The number of nitrogens with one attached hydrogen (secondary N) is 2. The lowest BCUT2D eigenvalue weighted by Gasteiger charge is -2.37. The van der Waals surface area contributed by atoms with E-state index in [2.05, 4.69) is 15.5 Å². The minimum absolute atomic E-state index is 0.0317. The molecule has 164 valence electrons. The summed E-state index contributed by atoms with van der Waals surface area (Å²) in [6, 6.07) is 13.0. The highest BCUT2D eigenvalue weighted by molar-refractivity contribution is 7.80. The lowest BCUT2D eigenvalue weighted by Crippen LogP contribution is -2.49. The molecule has 0 aliphatic carbocycles. The topological polar surface area (TPSA) is 64.7 Å². The van der Waals surface area contributed by atoms with Gasteiger partial charge < -0.3 is 15.1 Å². The molecule has 1 heterocycles. The number of halogens is 1. The van der Waals surface area contributed by atoms with Gasteiger partial charge in [0.05, 0.1) is 0 Å². The first-order chi connectivity index (χ1) is 14.7. The van der Waals surface area contributed by atoms with Crippen LogP contribution in [0.3, 0.4) is 0 Å². The molecule has 0 saturated carbocycles. The lowest BCUT2D eigenvalue weighted by atomic mass is 10.1. The van der Waals surface area contributed by atoms with Gasteiger partial charge in [0.25, 0.3) is 5.91 Å². The van der Waals surface area contributed by atoms with Crippen LogP contribution in [0.25, 0.3) is 0 Å². The summed E-state index contributed by atoms with van der Waals surface area (Å²) in [6.07, 6.45) is 0. The highest BCUT2D eigenvalue weighted by Gasteiger charge is 2.22. The third-order valence-corrected chi connectivity index (χ3v) is 5.85. The van der Waals surface area contributed by atoms with E-state index in [1.165, 1.54) is 0 Å². The molecule has 6 nitrogen and oxygen atoms in total. The molecule has 2 aromatic carbocycles. The third-order valence-electron chi connectivity index (χ3n) is 5.24. The van der Waals surface area contributed by atoms with E-state index in [0.717, 1.165) is 43.1 Å². The van der Waals surface area contributed by atoms with Gasteiger partial charge in [-0.3, -0.25) is 14.9 Å². The van der Waals surface area contributed by atoms with Gasteiger partial charge in [-0.25, -0.2) is 0 Å². The Morgan fingerprint density at radius 1 is 1.03 bits per heavy atom. The minimum atomic E-state index is -0.315. The Kier molecular flexibility index (Phi) is 7.51. The van der Waals surface area contributed by atoms with Crippen molar-refractivity contribution < 1.29 is 9.59 Å². The monoisotopic (exact) mass is 458 g/mol. The van der Waals surface area contributed by atoms with Crippen LogP contribution in [0.5, 0.6) is 0 Å². The molecule has 2 aromatic rings. The number of hydrogen-bond acceptors (Lipinski definition) is 4.